The first-order valence-corrected chi connectivity index (χ1v) is 4.78. The summed E-state index contributed by atoms with van der Waals surface area (Å²) in [6, 6.07) is -0.0195. The lowest BCUT2D eigenvalue weighted by molar-refractivity contribution is -0.164. The first-order valence-electron chi connectivity index (χ1n) is 4.78. The maximum absolute atomic E-state index is 12.6. The van der Waals surface area contributed by atoms with Crippen molar-refractivity contribution < 1.29 is 18.7 Å². The lowest BCUT2D eigenvalue weighted by atomic mass is 9.80. The molecule has 1 aliphatic carbocycles. The number of hydrogen-bond donors (Lipinski definition) is 2. The molecular formula is C9H15F2NO2. The molecule has 1 rings (SSSR count). The van der Waals surface area contributed by atoms with E-state index in [0.717, 1.165) is 19.3 Å². The quantitative estimate of drug-likeness (QED) is 0.718. The van der Waals surface area contributed by atoms with Crippen LogP contribution in [0, 0.1) is 5.92 Å². The molecule has 0 radical (unpaired) electrons. The Labute approximate surface area is 81.5 Å². The zero-order valence-corrected chi connectivity index (χ0v) is 8.09. The molecule has 2 N–H and O–H groups in total. The highest BCUT2D eigenvalue weighted by Crippen LogP contribution is 2.29. The summed E-state index contributed by atoms with van der Waals surface area (Å²) in [4.78, 5) is 10.1. The van der Waals surface area contributed by atoms with Gasteiger partial charge in [0.05, 0.1) is 6.54 Å². The summed E-state index contributed by atoms with van der Waals surface area (Å²) >= 11 is 0. The van der Waals surface area contributed by atoms with Gasteiger partial charge in [0, 0.05) is 6.04 Å². The van der Waals surface area contributed by atoms with Gasteiger partial charge in [-0.25, -0.2) is 4.79 Å². The highest BCUT2D eigenvalue weighted by Gasteiger charge is 2.39. The number of carboxylic acid groups (broad SMARTS) is 1. The molecule has 0 amide bonds. The van der Waals surface area contributed by atoms with Crippen LogP contribution in [0.1, 0.15) is 26.2 Å². The summed E-state index contributed by atoms with van der Waals surface area (Å²) in [5, 5.41) is 10.7. The summed E-state index contributed by atoms with van der Waals surface area (Å²) in [6.07, 6.45) is 3.24. The van der Waals surface area contributed by atoms with Crippen LogP contribution in [0.15, 0.2) is 0 Å². The van der Waals surface area contributed by atoms with Crippen molar-refractivity contribution >= 4 is 5.97 Å². The maximum atomic E-state index is 12.6. The van der Waals surface area contributed by atoms with Crippen molar-refractivity contribution in [3.63, 3.8) is 0 Å². The molecule has 0 aromatic heterocycles. The Balaban J connectivity index is 2.28. The number of nitrogens with one attached hydrogen (secondary N) is 1. The number of alkyl halides is 2. The van der Waals surface area contributed by atoms with E-state index in [-0.39, 0.29) is 6.04 Å². The number of carboxylic acids is 1. The van der Waals surface area contributed by atoms with Gasteiger partial charge < -0.3 is 10.4 Å². The predicted octanol–water partition coefficient (Wildman–Crippen LogP) is 1.48. The van der Waals surface area contributed by atoms with Crippen LogP contribution in [-0.2, 0) is 4.79 Å². The second kappa shape index (κ2) is 4.21. The Morgan fingerprint density at radius 3 is 2.57 bits per heavy atom. The van der Waals surface area contributed by atoms with Crippen molar-refractivity contribution in [2.24, 2.45) is 5.92 Å². The van der Waals surface area contributed by atoms with E-state index >= 15 is 0 Å². The van der Waals surface area contributed by atoms with Gasteiger partial charge in [-0.05, 0) is 25.7 Å². The van der Waals surface area contributed by atoms with Crippen LogP contribution in [0.25, 0.3) is 0 Å². The Kier molecular flexibility index (Phi) is 3.42. The topological polar surface area (TPSA) is 49.3 Å². The van der Waals surface area contributed by atoms with Gasteiger partial charge in [-0.2, -0.15) is 8.78 Å². The van der Waals surface area contributed by atoms with Crippen molar-refractivity contribution in [1.29, 1.82) is 0 Å². The number of carbonyl (C=O) groups is 1. The number of halogens is 2. The van der Waals surface area contributed by atoms with E-state index in [9.17, 15) is 13.6 Å². The minimum atomic E-state index is -3.65. The number of aliphatic carboxylic acids is 1. The fourth-order valence-corrected chi connectivity index (χ4v) is 1.47. The monoisotopic (exact) mass is 207 g/mol. The molecule has 1 saturated carbocycles. The van der Waals surface area contributed by atoms with Crippen molar-refractivity contribution in [2.45, 2.75) is 38.2 Å². The van der Waals surface area contributed by atoms with Crippen molar-refractivity contribution in [3.05, 3.63) is 0 Å². The highest BCUT2D eigenvalue weighted by atomic mass is 19.3. The van der Waals surface area contributed by atoms with Gasteiger partial charge in [-0.1, -0.05) is 6.42 Å². The Morgan fingerprint density at radius 1 is 1.64 bits per heavy atom. The molecule has 1 unspecified atom stereocenters. The van der Waals surface area contributed by atoms with Crippen LogP contribution < -0.4 is 5.32 Å². The molecule has 0 saturated heterocycles. The van der Waals surface area contributed by atoms with Crippen LogP contribution in [0.3, 0.4) is 0 Å². The number of hydrogen-bond acceptors (Lipinski definition) is 2. The van der Waals surface area contributed by atoms with Gasteiger partial charge in [-0.15, -0.1) is 0 Å². The Hall–Kier alpha value is -0.710. The molecule has 1 fully saturated rings. The van der Waals surface area contributed by atoms with Crippen molar-refractivity contribution in [3.8, 4) is 0 Å². The fourth-order valence-electron chi connectivity index (χ4n) is 1.47. The highest BCUT2D eigenvalue weighted by molar-refractivity contribution is 5.75. The smallest absolute Gasteiger partial charge is 0.375 e. The molecule has 0 aliphatic heterocycles. The molecule has 0 aromatic rings. The molecule has 5 heteroatoms. The molecule has 1 aliphatic rings. The normalized spacial score (nSPS) is 20.2. The standard InChI is InChI=1S/C9H15F2NO2/c1-6(7-3-2-4-7)12-5-9(10,11)8(13)14/h6-7,12H,2-5H2,1H3,(H,13,14). The average molecular weight is 207 g/mol. The third-order valence-corrected chi connectivity index (χ3v) is 2.82. The minimum Gasteiger partial charge on any atom is -0.477 e. The van der Waals surface area contributed by atoms with Gasteiger partial charge in [-0.3, -0.25) is 0 Å². The molecule has 82 valence electrons. The summed E-state index contributed by atoms with van der Waals surface area (Å²) in [5.74, 6) is -5.29. The molecule has 3 nitrogen and oxygen atoms in total. The van der Waals surface area contributed by atoms with Gasteiger partial charge in [0.15, 0.2) is 0 Å². The van der Waals surface area contributed by atoms with Gasteiger partial charge >= 0.3 is 11.9 Å². The summed E-state index contributed by atoms with van der Waals surface area (Å²) < 4.78 is 25.3. The Bertz CT molecular complexity index is 217. The fraction of sp³-hybridized carbons (Fsp3) is 0.889. The summed E-state index contributed by atoms with van der Waals surface area (Å²) in [6.45, 7) is 1.04. The third kappa shape index (κ3) is 2.64. The first kappa shape index (κ1) is 11.4. The van der Waals surface area contributed by atoms with E-state index in [4.69, 9.17) is 5.11 Å². The van der Waals surface area contributed by atoms with E-state index in [2.05, 4.69) is 5.32 Å². The molecule has 0 heterocycles. The molecule has 0 aromatic carbocycles. The zero-order valence-electron chi connectivity index (χ0n) is 8.09. The summed E-state index contributed by atoms with van der Waals surface area (Å²) in [7, 11) is 0. The van der Waals surface area contributed by atoms with E-state index in [1.807, 2.05) is 6.92 Å². The van der Waals surface area contributed by atoms with Crippen LogP contribution in [0.2, 0.25) is 0 Å². The van der Waals surface area contributed by atoms with E-state index in [0.29, 0.717) is 5.92 Å². The van der Waals surface area contributed by atoms with Crippen LogP contribution in [0.4, 0.5) is 8.78 Å². The van der Waals surface area contributed by atoms with Crippen LogP contribution in [0.5, 0.6) is 0 Å². The van der Waals surface area contributed by atoms with E-state index in [1.54, 1.807) is 0 Å². The SMILES string of the molecule is CC(NCC(F)(F)C(=O)O)C1CCC1. The van der Waals surface area contributed by atoms with E-state index in [1.165, 1.54) is 0 Å². The maximum Gasteiger partial charge on any atom is 0.375 e. The zero-order chi connectivity index (χ0) is 10.8. The summed E-state index contributed by atoms with van der Waals surface area (Å²) in [5.41, 5.74) is 0. The lowest BCUT2D eigenvalue weighted by Gasteiger charge is -2.32. The minimum absolute atomic E-state index is 0.0195. The van der Waals surface area contributed by atoms with Crippen LogP contribution in [-0.4, -0.2) is 29.6 Å². The molecule has 1 atom stereocenters. The first-order chi connectivity index (χ1) is 6.43. The lowest BCUT2D eigenvalue weighted by Crippen LogP contribution is -2.46. The van der Waals surface area contributed by atoms with E-state index < -0.39 is 18.4 Å². The van der Waals surface area contributed by atoms with Gasteiger partial charge in [0.25, 0.3) is 0 Å². The molecule has 0 bridgehead atoms. The average Bonchev–Trinajstić information content (AvgIpc) is 1.97. The molecule has 14 heavy (non-hydrogen) atoms. The number of rotatable bonds is 5. The van der Waals surface area contributed by atoms with Crippen LogP contribution >= 0.6 is 0 Å². The third-order valence-electron chi connectivity index (χ3n) is 2.82. The van der Waals surface area contributed by atoms with Gasteiger partial charge in [0.1, 0.15) is 0 Å². The van der Waals surface area contributed by atoms with Gasteiger partial charge in [0.2, 0.25) is 0 Å². The second-order valence-corrected chi connectivity index (χ2v) is 3.87. The predicted molar refractivity (Wildman–Crippen MR) is 47.4 cm³/mol. The largest absolute Gasteiger partial charge is 0.477 e. The Morgan fingerprint density at radius 2 is 2.21 bits per heavy atom. The van der Waals surface area contributed by atoms with Crippen molar-refractivity contribution in [2.75, 3.05) is 6.54 Å². The molecule has 0 spiro atoms. The van der Waals surface area contributed by atoms with Crippen molar-refractivity contribution in [1.82, 2.24) is 5.32 Å². The molecular weight excluding hydrogens is 192 g/mol. The second-order valence-electron chi connectivity index (χ2n) is 3.87.